The van der Waals surface area contributed by atoms with E-state index >= 15 is 0 Å². The standard InChI is InChI=1S/C18H29N5O.HI/c1-18(2,3)15(24-5)12-21-17(19-4)20-10-9-14-13-23-11-7-6-8-16(23)22-14;/h6-8,11,13,15H,9-10,12H2,1-5H3,(H2,19,20,21);1H. The molecule has 2 heterocycles. The van der Waals surface area contributed by atoms with Gasteiger partial charge in [0, 0.05) is 46.1 Å². The molecule has 0 aliphatic heterocycles. The van der Waals surface area contributed by atoms with Gasteiger partial charge in [-0.1, -0.05) is 26.8 Å². The van der Waals surface area contributed by atoms with E-state index in [4.69, 9.17) is 4.74 Å². The number of pyridine rings is 1. The van der Waals surface area contributed by atoms with Gasteiger partial charge in [0.05, 0.1) is 11.8 Å². The van der Waals surface area contributed by atoms with Crippen LogP contribution < -0.4 is 10.6 Å². The largest absolute Gasteiger partial charge is 0.379 e. The molecule has 7 heteroatoms. The summed E-state index contributed by atoms with van der Waals surface area (Å²) in [6.07, 6.45) is 5.04. The van der Waals surface area contributed by atoms with Crippen LogP contribution in [0.15, 0.2) is 35.6 Å². The van der Waals surface area contributed by atoms with Crippen LogP contribution in [0, 0.1) is 5.41 Å². The zero-order chi connectivity index (χ0) is 17.6. The second-order valence-electron chi connectivity index (χ2n) is 6.92. The van der Waals surface area contributed by atoms with Gasteiger partial charge in [-0.3, -0.25) is 4.99 Å². The normalized spacial score (nSPS) is 13.4. The van der Waals surface area contributed by atoms with Crippen molar-refractivity contribution in [2.75, 3.05) is 27.2 Å². The molecule has 0 aliphatic rings. The van der Waals surface area contributed by atoms with Gasteiger partial charge in [0.2, 0.25) is 0 Å². The lowest BCUT2D eigenvalue weighted by Crippen LogP contribution is -2.45. The minimum absolute atomic E-state index is 0. The van der Waals surface area contributed by atoms with Crippen molar-refractivity contribution in [3.05, 3.63) is 36.3 Å². The number of nitrogens with zero attached hydrogens (tertiary/aromatic N) is 3. The molecular formula is C18H30IN5O. The third-order valence-corrected chi connectivity index (χ3v) is 4.02. The highest BCUT2D eigenvalue weighted by Crippen LogP contribution is 2.20. The maximum Gasteiger partial charge on any atom is 0.191 e. The Morgan fingerprint density at radius 1 is 1.32 bits per heavy atom. The predicted octanol–water partition coefficient (Wildman–Crippen LogP) is 2.72. The lowest BCUT2D eigenvalue weighted by Gasteiger charge is -2.30. The number of methoxy groups -OCH3 is 1. The van der Waals surface area contributed by atoms with Crippen LogP contribution in [0.2, 0.25) is 0 Å². The van der Waals surface area contributed by atoms with Crippen LogP contribution in [0.4, 0.5) is 0 Å². The number of rotatable bonds is 6. The van der Waals surface area contributed by atoms with Gasteiger partial charge < -0.3 is 19.8 Å². The van der Waals surface area contributed by atoms with E-state index in [1.54, 1.807) is 14.2 Å². The fraction of sp³-hybridized carbons (Fsp3) is 0.556. The number of fused-ring (bicyclic) bond motifs is 1. The molecule has 0 aromatic carbocycles. The molecule has 0 bridgehead atoms. The molecule has 0 spiro atoms. The van der Waals surface area contributed by atoms with Crippen LogP contribution in [0.5, 0.6) is 0 Å². The van der Waals surface area contributed by atoms with Gasteiger partial charge in [-0.15, -0.1) is 24.0 Å². The SMILES string of the molecule is CN=C(NCCc1cn2ccccc2n1)NCC(OC)C(C)(C)C.I. The monoisotopic (exact) mass is 459 g/mol. The molecule has 1 unspecified atom stereocenters. The Bertz CT molecular complexity index is 644. The van der Waals surface area contributed by atoms with E-state index in [0.29, 0.717) is 6.54 Å². The van der Waals surface area contributed by atoms with Crippen LogP contribution in [-0.2, 0) is 11.2 Å². The summed E-state index contributed by atoms with van der Waals surface area (Å²) in [7, 11) is 3.52. The Kier molecular flexibility index (Phi) is 8.64. The molecule has 0 fully saturated rings. The Balaban J connectivity index is 0.00000312. The number of imidazole rings is 1. The van der Waals surface area contributed by atoms with E-state index in [1.807, 2.05) is 28.8 Å². The number of aliphatic imine (C=N–C) groups is 1. The Labute approximate surface area is 167 Å². The number of guanidine groups is 1. The van der Waals surface area contributed by atoms with E-state index in [-0.39, 0.29) is 35.5 Å². The zero-order valence-corrected chi connectivity index (χ0v) is 18.1. The van der Waals surface area contributed by atoms with Crippen molar-refractivity contribution < 1.29 is 4.74 Å². The van der Waals surface area contributed by atoms with Gasteiger partial charge in [0.1, 0.15) is 5.65 Å². The Morgan fingerprint density at radius 3 is 2.68 bits per heavy atom. The van der Waals surface area contributed by atoms with Crippen molar-refractivity contribution in [3.8, 4) is 0 Å². The third-order valence-electron chi connectivity index (χ3n) is 4.02. The Morgan fingerprint density at radius 2 is 2.08 bits per heavy atom. The average Bonchev–Trinajstić information content (AvgIpc) is 2.95. The summed E-state index contributed by atoms with van der Waals surface area (Å²) in [5, 5.41) is 6.66. The number of nitrogens with one attached hydrogen (secondary N) is 2. The van der Waals surface area contributed by atoms with Crippen LogP contribution >= 0.6 is 24.0 Å². The van der Waals surface area contributed by atoms with Crippen molar-refractivity contribution >= 4 is 35.6 Å². The average molecular weight is 459 g/mol. The molecule has 0 saturated carbocycles. The van der Waals surface area contributed by atoms with Crippen LogP contribution in [0.1, 0.15) is 26.5 Å². The summed E-state index contributed by atoms with van der Waals surface area (Å²) in [5.74, 6) is 0.782. The first kappa shape index (κ1) is 21.7. The van der Waals surface area contributed by atoms with E-state index in [1.165, 1.54) is 0 Å². The van der Waals surface area contributed by atoms with Crippen molar-refractivity contribution in [3.63, 3.8) is 0 Å². The van der Waals surface area contributed by atoms with E-state index in [0.717, 1.165) is 30.3 Å². The van der Waals surface area contributed by atoms with E-state index in [2.05, 4.69) is 47.6 Å². The summed E-state index contributed by atoms with van der Waals surface area (Å²) in [6, 6.07) is 6.01. The highest BCUT2D eigenvalue weighted by atomic mass is 127. The number of halogens is 1. The molecule has 1 atom stereocenters. The van der Waals surface area contributed by atoms with Crippen molar-refractivity contribution in [2.45, 2.75) is 33.3 Å². The first-order valence-electron chi connectivity index (χ1n) is 8.34. The molecule has 2 aromatic rings. The van der Waals surface area contributed by atoms with Gasteiger partial charge in [0.15, 0.2) is 5.96 Å². The summed E-state index contributed by atoms with van der Waals surface area (Å²) >= 11 is 0. The highest BCUT2D eigenvalue weighted by Gasteiger charge is 2.24. The van der Waals surface area contributed by atoms with Gasteiger partial charge in [-0.25, -0.2) is 4.98 Å². The zero-order valence-electron chi connectivity index (χ0n) is 15.7. The van der Waals surface area contributed by atoms with E-state index < -0.39 is 0 Å². The molecule has 0 radical (unpaired) electrons. The number of ether oxygens (including phenoxy) is 1. The maximum atomic E-state index is 5.56. The summed E-state index contributed by atoms with van der Waals surface area (Å²) in [4.78, 5) is 8.86. The van der Waals surface area contributed by atoms with E-state index in [9.17, 15) is 0 Å². The molecule has 2 rings (SSSR count). The summed E-state index contributed by atoms with van der Waals surface area (Å²) in [6.45, 7) is 8.00. The molecule has 0 amide bonds. The van der Waals surface area contributed by atoms with Crippen molar-refractivity contribution in [2.24, 2.45) is 10.4 Å². The smallest absolute Gasteiger partial charge is 0.191 e. The molecular weight excluding hydrogens is 429 g/mol. The molecule has 2 N–H and O–H groups in total. The van der Waals surface area contributed by atoms with Gasteiger partial charge in [-0.05, 0) is 17.5 Å². The quantitative estimate of drug-likeness (QED) is 0.396. The van der Waals surface area contributed by atoms with Gasteiger partial charge in [0.25, 0.3) is 0 Å². The number of hydrogen-bond acceptors (Lipinski definition) is 3. The molecule has 25 heavy (non-hydrogen) atoms. The second-order valence-corrected chi connectivity index (χ2v) is 6.92. The lowest BCUT2D eigenvalue weighted by molar-refractivity contribution is 0.0205. The van der Waals surface area contributed by atoms with Crippen LogP contribution in [0.25, 0.3) is 5.65 Å². The highest BCUT2D eigenvalue weighted by molar-refractivity contribution is 14.0. The summed E-state index contributed by atoms with van der Waals surface area (Å²) < 4.78 is 7.60. The minimum atomic E-state index is 0. The predicted molar refractivity (Wildman–Crippen MR) is 114 cm³/mol. The van der Waals surface area contributed by atoms with Crippen molar-refractivity contribution in [1.29, 1.82) is 0 Å². The van der Waals surface area contributed by atoms with Crippen LogP contribution in [-0.4, -0.2) is 48.7 Å². The minimum Gasteiger partial charge on any atom is -0.379 e. The molecule has 2 aromatic heterocycles. The number of aromatic nitrogens is 2. The third kappa shape index (κ3) is 6.47. The van der Waals surface area contributed by atoms with Crippen LogP contribution in [0.3, 0.4) is 0 Å². The first-order valence-corrected chi connectivity index (χ1v) is 8.34. The lowest BCUT2D eigenvalue weighted by atomic mass is 9.89. The topological polar surface area (TPSA) is 63.0 Å². The van der Waals surface area contributed by atoms with Crippen molar-refractivity contribution in [1.82, 2.24) is 20.0 Å². The van der Waals surface area contributed by atoms with Gasteiger partial charge >= 0.3 is 0 Å². The number of hydrogen-bond donors (Lipinski definition) is 2. The Hall–Kier alpha value is -1.35. The first-order chi connectivity index (χ1) is 11.4. The fourth-order valence-corrected chi connectivity index (χ4v) is 2.57. The summed E-state index contributed by atoms with van der Waals surface area (Å²) in [5.41, 5.74) is 2.12. The second kappa shape index (κ2) is 9.96. The molecule has 140 valence electrons. The van der Waals surface area contributed by atoms with Gasteiger partial charge in [-0.2, -0.15) is 0 Å². The maximum absolute atomic E-state index is 5.56. The fourth-order valence-electron chi connectivity index (χ4n) is 2.57. The molecule has 0 aliphatic carbocycles. The molecule has 0 saturated heterocycles. The molecule has 6 nitrogen and oxygen atoms in total.